The first-order chi connectivity index (χ1) is 18.4. The van der Waals surface area contributed by atoms with Crippen LogP contribution in [0.25, 0.3) is 0 Å². The summed E-state index contributed by atoms with van der Waals surface area (Å²) in [6, 6.07) is 19.4. The molecule has 5 rings (SSSR count). The van der Waals surface area contributed by atoms with Gasteiger partial charge in [0.25, 0.3) is 5.91 Å². The molecule has 1 aliphatic heterocycles. The lowest BCUT2D eigenvalue weighted by Crippen LogP contribution is -2.40. The van der Waals surface area contributed by atoms with Crippen molar-refractivity contribution in [2.45, 2.75) is 39.3 Å². The first kappa shape index (κ1) is 25.2. The molecule has 1 aliphatic rings. The van der Waals surface area contributed by atoms with E-state index in [9.17, 15) is 14.0 Å². The molecule has 194 valence electrons. The maximum atomic E-state index is 13.1. The molecule has 38 heavy (non-hydrogen) atoms. The third kappa shape index (κ3) is 5.44. The van der Waals surface area contributed by atoms with Crippen molar-refractivity contribution in [3.63, 3.8) is 0 Å². The van der Waals surface area contributed by atoms with Crippen molar-refractivity contribution in [2.75, 3.05) is 11.9 Å². The quantitative estimate of drug-likeness (QED) is 0.336. The number of oxazole rings is 1. The van der Waals surface area contributed by atoms with Crippen LogP contribution in [0.4, 0.5) is 10.1 Å². The third-order valence-electron chi connectivity index (χ3n) is 6.61. The number of benzene rings is 3. The van der Waals surface area contributed by atoms with Crippen molar-refractivity contribution in [1.29, 1.82) is 0 Å². The fourth-order valence-electron chi connectivity index (χ4n) is 4.62. The number of nitrogens with zero attached hydrogens (tertiary/aromatic N) is 2. The van der Waals surface area contributed by atoms with Gasteiger partial charge in [-0.25, -0.2) is 9.37 Å². The number of amides is 2. The Balaban J connectivity index is 1.32. The number of fused-ring (bicyclic) bond motifs is 1. The number of hydrogen-bond acceptors (Lipinski definition) is 5. The molecule has 0 saturated heterocycles. The van der Waals surface area contributed by atoms with Crippen LogP contribution in [-0.2, 0) is 17.8 Å². The molecule has 0 bridgehead atoms. The summed E-state index contributed by atoms with van der Waals surface area (Å²) in [5, 5.41) is 2.65. The SMILES string of the molecule is CCC(=O)N1CCc2ccc(OCc3nc(C(=O)Nc4ccc(F)cc4)co3)cc2[C@@H]1c1ccc(C)cc1. The molecule has 0 unspecified atom stereocenters. The Bertz CT molecular complexity index is 1450. The fraction of sp³-hybridized carbons (Fsp3) is 0.233. The Morgan fingerprint density at radius 2 is 1.87 bits per heavy atom. The highest BCUT2D eigenvalue weighted by atomic mass is 19.1. The van der Waals surface area contributed by atoms with E-state index in [4.69, 9.17) is 9.15 Å². The Kier molecular flexibility index (Phi) is 7.22. The molecule has 4 aromatic rings. The fourth-order valence-corrected chi connectivity index (χ4v) is 4.62. The number of ether oxygens (including phenoxy) is 1. The molecule has 0 aliphatic carbocycles. The molecular formula is C30H28FN3O4. The number of anilines is 1. The number of hydrogen-bond donors (Lipinski definition) is 1. The lowest BCUT2D eigenvalue weighted by molar-refractivity contribution is -0.132. The van der Waals surface area contributed by atoms with E-state index in [1.807, 2.05) is 36.9 Å². The molecule has 2 heterocycles. The van der Waals surface area contributed by atoms with Crippen molar-refractivity contribution in [2.24, 2.45) is 0 Å². The zero-order chi connectivity index (χ0) is 26.6. The number of carbonyl (C=O) groups excluding carboxylic acids is 2. The number of halogens is 1. The summed E-state index contributed by atoms with van der Waals surface area (Å²) in [4.78, 5) is 31.4. The average Bonchev–Trinajstić information content (AvgIpc) is 3.42. The van der Waals surface area contributed by atoms with E-state index in [-0.39, 0.29) is 36.0 Å². The topological polar surface area (TPSA) is 84.7 Å². The van der Waals surface area contributed by atoms with Gasteiger partial charge in [-0.05, 0) is 66.4 Å². The van der Waals surface area contributed by atoms with Crippen molar-refractivity contribution < 1.29 is 23.1 Å². The lowest BCUT2D eigenvalue weighted by atomic mass is 9.87. The Hall–Kier alpha value is -4.46. The van der Waals surface area contributed by atoms with Crippen LogP contribution in [0.1, 0.15) is 58.0 Å². The van der Waals surface area contributed by atoms with Crippen molar-refractivity contribution >= 4 is 17.5 Å². The van der Waals surface area contributed by atoms with Crippen LogP contribution in [-0.4, -0.2) is 28.2 Å². The van der Waals surface area contributed by atoms with Crippen LogP contribution < -0.4 is 10.1 Å². The van der Waals surface area contributed by atoms with Crippen LogP contribution in [0.3, 0.4) is 0 Å². The molecule has 1 atom stereocenters. The Morgan fingerprint density at radius 3 is 2.61 bits per heavy atom. The number of aromatic nitrogens is 1. The minimum absolute atomic E-state index is 0.0232. The van der Waals surface area contributed by atoms with Gasteiger partial charge < -0.3 is 19.4 Å². The zero-order valence-electron chi connectivity index (χ0n) is 21.2. The highest BCUT2D eigenvalue weighted by molar-refractivity contribution is 6.02. The van der Waals surface area contributed by atoms with E-state index >= 15 is 0 Å². The number of aryl methyl sites for hydroxylation is 1. The highest BCUT2D eigenvalue weighted by Gasteiger charge is 2.31. The van der Waals surface area contributed by atoms with Gasteiger partial charge in [0.15, 0.2) is 12.3 Å². The smallest absolute Gasteiger partial charge is 0.277 e. The van der Waals surface area contributed by atoms with Gasteiger partial charge >= 0.3 is 0 Å². The minimum atomic E-state index is -0.470. The van der Waals surface area contributed by atoms with Crippen LogP contribution in [0.5, 0.6) is 5.75 Å². The van der Waals surface area contributed by atoms with Crippen LogP contribution in [0, 0.1) is 12.7 Å². The molecule has 0 fully saturated rings. The van der Waals surface area contributed by atoms with Gasteiger partial charge in [-0.2, -0.15) is 0 Å². The lowest BCUT2D eigenvalue weighted by Gasteiger charge is -2.38. The summed E-state index contributed by atoms with van der Waals surface area (Å²) in [7, 11) is 0. The molecule has 7 nitrogen and oxygen atoms in total. The molecule has 2 amide bonds. The van der Waals surface area contributed by atoms with Gasteiger partial charge in [0.1, 0.15) is 17.8 Å². The van der Waals surface area contributed by atoms with E-state index in [0.29, 0.717) is 24.4 Å². The first-order valence-electron chi connectivity index (χ1n) is 12.5. The van der Waals surface area contributed by atoms with Crippen molar-refractivity contribution in [3.05, 3.63) is 113 Å². The molecule has 0 saturated carbocycles. The van der Waals surface area contributed by atoms with E-state index in [2.05, 4.69) is 34.6 Å². The second-order valence-electron chi connectivity index (χ2n) is 9.24. The Morgan fingerprint density at radius 1 is 1.11 bits per heavy atom. The second kappa shape index (κ2) is 10.9. The number of carbonyl (C=O) groups is 2. The van der Waals surface area contributed by atoms with Gasteiger partial charge in [-0.15, -0.1) is 0 Å². The maximum Gasteiger partial charge on any atom is 0.277 e. The van der Waals surface area contributed by atoms with Crippen LogP contribution in [0.15, 0.2) is 77.4 Å². The first-order valence-corrected chi connectivity index (χ1v) is 12.5. The third-order valence-corrected chi connectivity index (χ3v) is 6.61. The Labute approximate surface area is 220 Å². The monoisotopic (exact) mass is 513 g/mol. The van der Waals surface area contributed by atoms with E-state index in [1.54, 1.807) is 0 Å². The second-order valence-corrected chi connectivity index (χ2v) is 9.24. The van der Waals surface area contributed by atoms with Crippen LogP contribution >= 0.6 is 0 Å². The summed E-state index contributed by atoms with van der Waals surface area (Å²) in [5.41, 5.74) is 4.97. The standard InChI is InChI=1S/C30H28FN3O4/c1-3-28(35)34-15-14-20-8-13-24(16-25(20)29(34)21-6-4-19(2)5-7-21)37-18-27-33-26(17-38-27)30(36)32-23-11-9-22(31)10-12-23/h4-13,16-17,29H,3,14-15,18H2,1-2H3,(H,32,36)/t29-/m0/s1. The molecule has 3 aromatic carbocycles. The summed E-state index contributed by atoms with van der Waals surface area (Å²) in [5.74, 6) is 0.105. The van der Waals surface area contributed by atoms with Crippen molar-refractivity contribution in [3.8, 4) is 5.75 Å². The highest BCUT2D eigenvalue weighted by Crippen LogP contribution is 2.37. The van der Waals surface area contributed by atoms with Crippen LogP contribution in [0.2, 0.25) is 0 Å². The van der Waals surface area contributed by atoms with E-state index < -0.39 is 5.91 Å². The summed E-state index contributed by atoms with van der Waals surface area (Å²) in [6.07, 6.45) is 2.47. The molecule has 1 N–H and O–H groups in total. The molecule has 0 spiro atoms. The van der Waals surface area contributed by atoms with E-state index in [1.165, 1.54) is 36.1 Å². The predicted octanol–water partition coefficient (Wildman–Crippen LogP) is 5.84. The van der Waals surface area contributed by atoms with Gasteiger partial charge in [-0.1, -0.05) is 42.8 Å². The molecular weight excluding hydrogens is 485 g/mol. The number of nitrogens with one attached hydrogen (secondary N) is 1. The average molecular weight is 514 g/mol. The predicted molar refractivity (Wildman–Crippen MR) is 140 cm³/mol. The van der Waals surface area contributed by atoms with E-state index in [0.717, 1.165) is 23.1 Å². The summed E-state index contributed by atoms with van der Waals surface area (Å²) < 4.78 is 24.5. The largest absolute Gasteiger partial charge is 0.484 e. The zero-order valence-corrected chi connectivity index (χ0v) is 21.2. The van der Waals surface area contributed by atoms with Crippen molar-refractivity contribution in [1.82, 2.24) is 9.88 Å². The number of rotatable bonds is 7. The van der Waals surface area contributed by atoms with Gasteiger partial charge in [-0.3, -0.25) is 9.59 Å². The molecule has 1 aromatic heterocycles. The minimum Gasteiger partial charge on any atom is -0.484 e. The molecule has 8 heteroatoms. The summed E-state index contributed by atoms with van der Waals surface area (Å²) >= 11 is 0. The summed E-state index contributed by atoms with van der Waals surface area (Å²) in [6.45, 7) is 4.61. The van der Waals surface area contributed by atoms with Gasteiger partial charge in [0.05, 0.1) is 6.04 Å². The van der Waals surface area contributed by atoms with Gasteiger partial charge in [0.2, 0.25) is 11.8 Å². The maximum absolute atomic E-state index is 13.1. The molecule has 0 radical (unpaired) electrons. The van der Waals surface area contributed by atoms with Gasteiger partial charge in [0, 0.05) is 18.7 Å². The normalized spacial score (nSPS) is 14.6.